The molecule has 1 aliphatic heterocycles. The number of ether oxygens (including phenoxy) is 1. The molecule has 5 rings (SSSR count). The third-order valence-corrected chi connectivity index (χ3v) is 7.28. The van der Waals surface area contributed by atoms with E-state index in [1.807, 2.05) is 6.07 Å². The molecule has 1 aromatic carbocycles. The Morgan fingerprint density at radius 1 is 1.24 bits per heavy atom. The second-order valence-electron chi connectivity index (χ2n) is 8.81. The minimum Gasteiger partial charge on any atom is -0.492 e. The third-order valence-electron chi connectivity index (χ3n) is 6.69. The van der Waals surface area contributed by atoms with E-state index >= 15 is 0 Å². The fourth-order valence-electron chi connectivity index (χ4n) is 5.01. The highest BCUT2D eigenvalue weighted by molar-refractivity contribution is 9.10. The van der Waals surface area contributed by atoms with Crippen LogP contribution in [0.2, 0.25) is 0 Å². The smallest absolute Gasteiger partial charge is 0.332 e. The van der Waals surface area contributed by atoms with Crippen LogP contribution in [0, 0.1) is 0 Å². The van der Waals surface area contributed by atoms with E-state index in [2.05, 4.69) is 32.3 Å². The van der Waals surface area contributed by atoms with Gasteiger partial charge in [-0.15, -0.1) is 0 Å². The van der Waals surface area contributed by atoms with Crippen LogP contribution >= 0.6 is 15.9 Å². The number of rotatable bonds is 7. The number of aromatic nitrogens is 4. The summed E-state index contributed by atoms with van der Waals surface area (Å²) in [4.78, 5) is 31.1. The number of anilines is 1. The molecule has 3 N–H and O–H groups in total. The van der Waals surface area contributed by atoms with Gasteiger partial charge >= 0.3 is 5.69 Å². The SMILES string of the molecule is CCn1c(=O)c2c(nc(NC3CCCC3O)n2Cc2cc(Br)c3c(c2)CCO3)n(CCO)c1=O. The molecule has 1 aliphatic carbocycles. The number of hydrogen-bond donors (Lipinski definition) is 3. The number of nitrogens with one attached hydrogen (secondary N) is 1. The van der Waals surface area contributed by atoms with Crippen molar-refractivity contribution in [1.82, 2.24) is 18.7 Å². The largest absolute Gasteiger partial charge is 0.492 e. The van der Waals surface area contributed by atoms with Gasteiger partial charge in [-0.3, -0.25) is 18.5 Å². The number of aliphatic hydroxyl groups excluding tert-OH is 2. The molecule has 2 aromatic heterocycles. The van der Waals surface area contributed by atoms with Gasteiger partial charge in [0.2, 0.25) is 5.95 Å². The molecule has 182 valence electrons. The first-order chi connectivity index (χ1) is 16.4. The molecule has 0 amide bonds. The Morgan fingerprint density at radius 3 is 2.76 bits per heavy atom. The van der Waals surface area contributed by atoms with E-state index in [4.69, 9.17) is 4.74 Å². The molecule has 1 saturated carbocycles. The average molecular weight is 534 g/mol. The van der Waals surface area contributed by atoms with E-state index in [-0.39, 0.29) is 36.9 Å². The van der Waals surface area contributed by atoms with Crippen molar-refractivity contribution in [2.45, 2.75) is 64.4 Å². The Bertz CT molecular complexity index is 1360. The van der Waals surface area contributed by atoms with Crippen molar-refractivity contribution in [3.05, 3.63) is 48.6 Å². The summed E-state index contributed by atoms with van der Waals surface area (Å²) < 4.78 is 10.8. The molecule has 34 heavy (non-hydrogen) atoms. The standard InChI is InChI=1S/C23H28BrN5O5/c1-2-27-21(32)18-20(28(7-8-30)23(27)33)26-22(25-16-4-3-5-17(16)31)29(18)12-13-10-14-6-9-34-19(14)15(24)11-13/h10-11,16-17,30-31H,2-9,12H2,1H3,(H,25,26). The molecule has 11 heteroatoms. The van der Waals surface area contributed by atoms with Gasteiger partial charge in [-0.05, 0) is 59.3 Å². The molecule has 0 saturated heterocycles. The average Bonchev–Trinajstić information content (AvgIpc) is 3.52. The van der Waals surface area contributed by atoms with Gasteiger partial charge in [0.15, 0.2) is 11.2 Å². The lowest BCUT2D eigenvalue weighted by atomic mass is 10.1. The Balaban J connectivity index is 1.71. The first-order valence-corrected chi connectivity index (χ1v) is 12.5. The summed E-state index contributed by atoms with van der Waals surface area (Å²) >= 11 is 3.59. The van der Waals surface area contributed by atoms with E-state index in [0.717, 1.165) is 45.2 Å². The zero-order chi connectivity index (χ0) is 24.0. The van der Waals surface area contributed by atoms with E-state index in [1.165, 1.54) is 4.57 Å². The minimum absolute atomic E-state index is 0.0276. The molecule has 2 unspecified atom stereocenters. The van der Waals surface area contributed by atoms with Crippen LogP contribution in [-0.4, -0.2) is 54.3 Å². The van der Waals surface area contributed by atoms with Crippen molar-refractivity contribution >= 4 is 33.0 Å². The molecule has 2 atom stereocenters. The minimum atomic E-state index is -0.508. The molecular formula is C23H28BrN5O5. The second kappa shape index (κ2) is 9.20. The highest BCUT2D eigenvalue weighted by Crippen LogP contribution is 2.35. The highest BCUT2D eigenvalue weighted by Gasteiger charge is 2.29. The number of hydrogen-bond acceptors (Lipinski definition) is 7. The molecule has 10 nitrogen and oxygen atoms in total. The van der Waals surface area contributed by atoms with Gasteiger partial charge in [0, 0.05) is 13.0 Å². The summed E-state index contributed by atoms with van der Waals surface area (Å²) in [5.41, 5.74) is 1.65. The quantitative estimate of drug-likeness (QED) is 0.419. The predicted octanol–water partition coefficient (Wildman–Crippen LogP) is 1.44. The molecule has 1 fully saturated rings. The summed E-state index contributed by atoms with van der Waals surface area (Å²) in [6, 6.07) is 3.84. The fourth-order valence-corrected chi connectivity index (χ4v) is 5.67. The van der Waals surface area contributed by atoms with E-state index < -0.39 is 17.4 Å². The van der Waals surface area contributed by atoms with Crippen LogP contribution in [0.1, 0.15) is 37.3 Å². The summed E-state index contributed by atoms with van der Waals surface area (Å²) in [5.74, 6) is 1.27. The number of nitrogens with zero attached hydrogens (tertiary/aromatic N) is 4. The van der Waals surface area contributed by atoms with Crippen LogP contribution in [0.5, 0.6) is 5.75 Å². The molecule has 3 heterocycles. The van der Waals surface area contributed by atoms with Crippen molar-refractivity contribution in [3.8, 4) is 5.75 Å². The second-order valence-corrected chi connectivity index (χ2v) is 9.67. The summed E-state index contributed by atoms with van der Waals surface area (Å²) in [6.45, 7) is 2.68. The van der Waals surface area contributed by atoms with Gasteiger partial charge in [-0.2, -0.15) is 4.98 Å². The summed E-state index contributed by atoms with van der Waals surface area (Å²) in [7, 11) is 0. The van der Waals surface area contributed by atoms with Gasteiger partial charge in [-0.25, -0.2) is 4.79 Å². The number of benzene rings is 1. The molecule has 0 bridgehead atoms. The number of imidazole rings is 1. The third kappa shape index (κ3) is 3.85. The van der Waals surface area contributed by atoms with Crippen LogP contribution < -0.4 is 21.3 Å². The van der Waals surface area contributed by atoms with Gasteiger partial charge in [0.25, 0.3) is 5.56 Å². The predicted molar refractivity (Wildman–Crippen MR) is 131 cm³/mol. The van der Waals surface area contributed by atoms with Crippen LogP contribution in [0.3, 0.4) is 0 Å². The topological polar surface area (TPSA) is 124 Å². The molecular weight excluding hydrogens is 506 g/mol. The molecule has 3 aromatic rings. The first-order valence-electron chi connectivity index (χ1n) is 11.7. The van der Waals surface area contributed by atoms with Crippen LogP contribution in [0.4, 0.5) is 5.95 Å². The van der Waals surface area contributed by atoms with Gasteiger partial charge in [0.1, 0.15) is 5.75 Å². The maximum absolute atomic E-state index is 13.4. The lowest BCUT2D eigenvalue weighted by Gasteiger charge is -2.18. The first kappa shape index (κ1) is 23.1. The zero-order valence-electron chi connectivity index (χ0n) is 19.0. The van der Waals surface area contributed by atoms with E-state index in [1.54, 1.807) is 11.5 Å². The Morgan fingerprint density at radius 2 is 2.06 bits per heavy atom. The van der Waals surface area contributed by atoms with E-state index in [9.17, 15) is 19.8 Å². The van der Waals surface area contributed by atoms with Crippen molar-refractivity contribution in [3.63, 3.8) is 0 Å². The van der Waals surface area contributed by atoms with Crippen molar-refractivity contribution in [2.24, 2.45) is 0 Å². The van der Waals surface area contributed by atoms with Crippen molar-refractivity contribution in [2.75, 3.05) is 18.5 Å². The maximum atomic E-state index is 13.4. The Labute approximate surface area is 203 Å². The summed E-state index contributed by atoms with van der Waals surface area (Å²) in [6.07, 6.45) is 2.69. The number of halogens is 1. The molecule has 2 aliphatic rings. The Kier molecular flexibility index (Phi) is 6.26. The van der Waals surface area contributed by atoms with Crippen molar-refractivity contribution < 1.29 is 14.9 Å². The lowest BCUT2D eigenvalue weighted by molar-refractivity contribution is 0.171. The van der Waals surface area contributed by atoms with Crippen LogP contribution in [-0.2, 0) is 26.1 Å². The lowest BCUT2D eigenvalue weighted by Crippen LogP contribution is -2.40. The zero-order valence-corrected chi connectivity index (χ0v) is 20.5. The van der Waals surface area contributed by atoms with Gasteiger partial charge < -0.3 is 20.3 Å². The molecule has 0 radical (unpaired) electrons. The van der Waals surface area contributed by atoms with Gasteiger partial charge in [0.05, 0.1) is 42.9 Å². The highest BCUT2D eigenvalue weighted by atomic mass is 79.9. The number of aliphatic hydroxyl groups is 2. The van der Waals surface area contributed by atoms with E-state index in [0.29, 0.717) is 25.5 Å². The number of fused-ring (bicyclic) bond motifs is 2. The molecule has 0 spiro atoms. The normalized spacial score (nSPS) is 19.5. The van der Waals surface area contributed by atoms with Crippen molar-refractivity contribution in [1.29, 1.82) is 0 Å². The monoisotopic (exact) mass is 533 g/mol. The maximum Gasteiger partial charge on any atom is 0.332 e. The van der Waals surface area contributed by atoms with Gasteiger partial charge in [-0.1, -0.05) is 6.07 Å². The summed E-state index contributed by atoms with van der Waals surface area (Å²) in [5, 5.41) is 23.3. The Hall–Kier alpha value is -2.63. The fraction of sp³-hybridized carbons (Fsp3) is 0.522. The van der Waals surface area contributed by atoms with Crippen LogP contribution in [0.25, 0.3) is 11.2 Å². The van der Waals surface area contributed by atoms with Crippen LogP contribution in [0.15, 0.2) is 26.2 Å².